The maximum atomic E-state index is 5.90. The normalized spacial score (nSPS) is 12.6. The third-order valence-corrected chi connectivity index (χ3v) is 2.95. The minimum absolute atomic E-state index is 0.120. The first kappa shape index (κ1) is 14.5. The second-order valence-electron chi connectivity index (χ2n) is 4.18. The van der Waals surface area contributed by atoms with E-state index in [9.17, 15) is 0 Å². The molecule has 3 heteroatoms. The van der Waals surface area contributed by atoms with Crippen molar-refractivity contribution in [3.05, 3.63) is 34.9 Å². The fraction of sp³-hybridized carbons (Fsp3) is 0.571. The van der Waals surface area contributed by atoms with Gasteiger partial charge >= 0.3 is 0 Å². The molecular formula is C14H22ClNO. The zero-order valence-corrected chi connectivity index (χ0v) is 11.5. The molecule has 0 aromatic heterocycles. The highest BCUT2D eigenvalue weighted by atomic mass is 35.5. The molecule has 0 aliphatic carbocycles. The number of unbranched alkanes of at least 4 members (excludes halogenated alkanes) is 2. The van der Waals surface area contributed by atoms with Gasteiger partial charge in [0.1, 0.15) is 0 Å². The highest BCUT2D eigenvalue weighted by Crippen LogP contribution is 2.19. The molecule has 0 aliphatic rings. The van der Waals surface area contributed by atoms with Crippen LogP contribution in [-0.2, 0) is 4.74 Å². The van der Waals surface area contributed by atoms with Gasteiger partial charge in [-0.25, -0.2) is 0 Å². The molecule has 0 fully saturated rings. The van der Waals surface area contributed by atoms with Crippen molar-refractivity contribution >= 4 is 11.6 Å². The quantitative estimate of drug-likeness (QED) is 0.714. The largest absolute Gasteiger partial charge is 0.372 e. The van der Waals surface area contributed by atoms with Crippen LogP contribution >= 0.6 is 11.6 Å². The molecule has 0 bridgehead atoms. The molecule has 0 radical (unpaired) electrons. The Balaban J connectivity index is 2.49. The van der Waals surface area contributed by atoms with Gasteiger partial charge in [-0.05, 0) is 31.2 Å². The molecule has 0 heterocycles. The van der Waals surface area contributed by atoms with Gasteiger partial charge in [-0.1, -0.05) is 43.5 Å². The Morgan fingerprint density at radius 1 is 1.24 bits per heavy atom. The van der Waals surface area contributed by atoms with E-state index in [1.54, 1.807) is 0 Å². The van der Waals surface area contributed by atoms with Gasteiger partial charge in [-0.2, -0.15) is 0 Å². The number of ether oxygens (including phenoxy) is 1. The molecule has 2 nitrogen and oxygen atoms in total. The van der Waals surface area contributed by atoms with Gasteiger partial charge in [-0.15, -0.1) is 0 Å². The first-order valence-electron chi connectivity index (χ1n) is 6.29. The number of rotatable bonds is 8. The lowest BCUT2D eigenvalue weighted by atomic mass is 10.1. The summed E-state index contributed by atoms with van der Waals surface area (Å²) in [6, 6.07) is 7.89. The lowest BCUT2D eigenvalue weighted by Gasteiger charge is -2.18. The van der Waals surface area contributed by atoms with Gasteiger partial charge in [0.05, 0.1) is 6.10 Å². The van der Waals surface area contributed by atoms with Crippen LogP contribution in [0.4, 0.5) is 0 Å². The van der Waals surface area contributed by atoms with E-state index >= 15 is 0 Å². The smallest absolute Gasteiger partial charge is 0.0949 e. The van der Waals surface area contributed by atoms with Crippen LogP contribution in [0.5, 0.6) is 0 Å². The van der Waals surface area contributed by atoms with E-state index in [1.165, 1.54) is 18.4 Å². The predicted octanol–water partition coefficient (Wildman–Crippen LogP) is 3.81. The third-order valence-electron chi connectivity index (χ3n) is 2.70. The monoisotopic (exact) mass is 255 g/mol. The second kappa shape index (κ2) is 8.51. The van der Waals surface area contributed by atoms with Crippen LogP contribution < -0.4 is 5.32 Å². The maximum absolute atomic E-state index is 5.90. The molecule has 96 valence electrons. The zero-order chi connectivity index (χ0) is 12.5. The third kappa shape index (κ3) is 5.53. The molecule has 0 spiro atoms. The Hall–Kier alpha value is -0.570. The minimum atomic E-state index is 0.120. The number of likely N-dealkylation sites (N-methyl/N-ethyl adjacent to an activating group) is 1. The van der Waals surface area contributed by atoms with Gasteiger partial charge < -0.3 is 10.1 Å². The van der Waals surface area contributed by atoms with Crippen molar-refractivity contribution in [3.8, 4) is 0 Å². The lowest BCUT2D eigenvalue weighted by Crippen LogP contribution is -2.20. The van der Waals surface area contributed by atoms with Crippen LogP contribution in [0, 0.1) is 0 Å². The van der Waals surface area contributed by atoms with Crippen molar-refractivity contribution in [2.75, 3.05) is 20.2 Å². The zero-order valence-electron chi connectivity index (χ0n) is 10.7. The molecule has 1 aromatic carbocycles. The fourth-order valence-electron chi connectivity index (χ4n) is 1.71. The van der Waals surface area contributed by atoms with E-state index in [0.717, 1.165) is 24.6 Å². The molecule has 1 unspecified atom stereocenters. The van der Waals surface area contributed by atoms with Crippen molar-refractivity contribution in [1.82, 2.24) is 5.32 Å². The highest BCUT2D eigenvalue weighted by Gasteiger charge is 2.10. The van der Waals surface area contributed by atoms with Gasteiger partial charge in [0.15, 0.2) is 0 Å². The molecule has 1 N–H and O–H groups in total. The summed E-state index contributed by atoms with van der Waals surface area (Å²) in [7, 11) is 1.94. The van der Waals surface area contributed by atoms with Crippen molar-refractivity contribution in [2.45, 2.75) is 32.3 Å². The molecule has 17 heavy (non-hydrogen) atoms. The molecular weight excluding hydrogens is 234 g/mol. The first-order chi connectivity index (χ1) is 8.27. The van der Waals surface area contributed by atoms with Crippen molar-refractivity contribution in [1.29, 1.82) is 0 Å². The van der Waals surface area contributed by atoms with Crippen LogP contribution in [0.15, 0.2) is 24.3 Å². The minimum Gasteiger partial charge on any atom is -0.372 e. The van der Waals surface area contributed by atoms with Crippen LogP contribution in [0.25, 0.3) is 0 Å². The van der Waals surface area contributed by atoms with E-state index < -0.39 is 0 Å². The number of hydrogen-bond donors (Lipinski definition) is 1. The summed E-state index contributed by atoms with van der Waals surface area (Å²) in [5.41, 5.74) is 1.18. The van der Waals surface area contributed by atoms with E-state index in [0.29, 0.717) is 0 Å². The standard InChI is InChI=1S/C14H22ClNO/c1-3-4-5-10-17-14(11-16-2)12-6-8-13(15)9-7-12/h6-9,14,16H,3-5,10-11H2,1-2H3. The molecule has 1 atom stereocenters. The lowest BCUT2D eigenvalue weighted by molar-refractivity contribution is 0.0513. The maximum Gasteiger partial charge on any atom is 0.0949 e. The number of nitrogens with one attached hydrogen (secondary N) is 1. The molecule has 1 rings (SSSR count). The van der Waals surface area contributed by atoms with Gasteiger partial charge in [-0.3, -0.25) is 0 Å². The summed E-state index contributed by atoms with van der Waals surface area (Å²) in [4.78, 5) is 0. The average molecular weight is 256 g/mol. The molecule has 1 aromatic rings. The average Bonchev–Trinajstić information content (AvgIpc) is 2.34. The Morgan fingerprint density at radius 3 is 2.53 bits per heavy atom. The first-order valence-corrected chi connectivity index (χ1v) is 6.67. The Morgan fingerprint density at radius 2 is 1.94 bits per heavy atom. The van der Waals surface area contributed by atoms with E-state index in [2.05, 4.69) is 12.2 Å². The van der Waals surface area contributed by atoms with Gasteiger partial charge in [0.25, 0.3) is 0 Å². The summed E-state index contributed by atoms with van der Waals surface area (Å²) < 4.78 is 5.90. The summed E-state index contributed by atoms with van der Waals surface area (Å²) in [6.45, 7) is 3.85. The highest BCUT2D eigenvalue weighted by molar-refractivity contribution is 6.30. The number of hydrogen-bond acceptors (Lipinski definition) is 2. The van der Waals surface area contributed by atoms with Gasteiger partial charge in [0.2, 0.25) is 0 Å². The van der Waals surface area contributed by atoms with Crippen LogP contribution in [-0.4, -0.2) is 20.2 Å². The Labute approximate surface area is 109 Å². The predicted molar refractivity (Wildman–Crippen MR) is 73.6 cm³/mol. The molecule has 0 aliphatic heterocycles. The summed E-state index contributed by atoms with van der Waals surface area (Å²) in [5.74, 6) is 0. The summed E-state index contributed by atoms with van der Waals surface area (Å²) in [5, 5.41) is 3.93. The SMILES string of the molecule is CCCCCOC(CNC)c1ccc(Cl)cc1. The Kier molecular flexibility index (Phi) is 7.25. The topological polar surface area (TPSA) is 21.3 Å². The molecule has 0 amide bonds. The number of halogens is 1. The molecule has 0 saturated heterocycles. The summed E-state index contributed by atoms with van der Waals surface area (Å²) >= 11 is 5.88. The number of benzene rings is 1. The van der Waals surface area contributed by atoms with Gasteiger partial charge in [0, 0.05) is 18.2 Å². The van der Waals surface area contributed by atoms with Crippen molar-refractivity contribution < 1.29 is 4.74 Å². The Bertz CT molecular complexity index is 300. The summed E-state index contributed by atoms with van der Waals surface area (Å²) in [6.07, 6.45) is 3.70. The van der Waals surface area contributed by atoms with Crippen LogP contribution in [0.2, 0.25) is 5.02 Å². The van der Waals surface area contributed by atoms with Crippen LogP contribution in [0.1, 0.15) is 37.9 Å². The fourth-order valence-corrected chi connectivity index (χ4v) is 1.84. The van der Waals surface area contributed by atoms with E-state index in [4.69, 9.17) is 16.3 Å². The van der Waals surface area contributed by atoms with E-state index in [1.807, 2.05) is 31.3 Å². The van der Waals surface area contributed by atoms with Crippen molar-refractivity contribution in [2.24, 2.45) is 0 Å². The molecule has 0 saturated carbocycles. The second-order valence-corrected chi connectivity index (χ2v) is 4.61. The van der Waals surface area contributed by atoms with Crippen molar-refractivity contribution in [3.63, 3.8) is 0 Å². The van der Waals surface area contributed by atoms with Crippen LogP contribution in [0.3, 0.4) is 0 Å². The van der Waals surface area contributed by atoms with E-state index in [-0.39, 0.29) is 6.10 Å².